The maximum atomic E-state index is 13.1. The molecule has 0 radical (unpaired) electrons. The molecule has 0 spiro atoms. The highest BCUT2D eigenvalue weighted by Gasteiger charge is 2.33. The first-order valence-electron chi connectivity index (χ1n) is 6.16. The average Bonchev–Trinajstić information content (AvgIpc) is 2.37. The number of halogens is 5. The number of nitrogens with one attached hydrogen (secondary N) is 1. The minimum atomic E-state index is -4.50. The maximum absolute atomic E-state index is 13.1. The third-order valence-electron chi connectivity index (χ3n) is 2.99. The Morgan fingerprint density at radius 1 is 0.952 bits per heavy atom. The Morgan fingerprint density at radius 2 is 1.52 bits per heavy atom. The van der Waals surface area contributed by atoms with Gasteiger partial charge in [0.25, 0.3) is 0 Å². The molecule has 0 aliphatic heterocycles. The van der Waals surface area contributed by atoms with Crippen LogP contribution in [0.3, 0.4) is 0 Å². The molecule has 1 nitrogen and oxygen atoms in total. The Kier molecular flexibility index (Phi) is 4.16. The van der Waals surface area contributed by atoms with E-state index in [0.717, 1.165) is 18.2 Å². The van der Waals surface area contributed by atoms with E-state index in [1.54, 1.807) is 0 Å². The van der Waals surface area contributed by atoms with Gasteiger partial charge in [-0.15, -0.1) is 0 Å². The van der Waals surface area contributed by atoms with Crippen LogP contribution in [0.5, 0.6) is 0 Å². The molecule has 0 aliphatic carbocycles. The zero-order valence-electron chi connectivity index (χ0n) is 11.0. The van der Waals surface area contributed by atoms with Crippen molar-refractivity contribution in [3.8, 4) is 0 Å². The average molecular weight is 301 g/mol. The number of anilines is 1. The standard InChI is InChI=1S/C15H12F5N/c1-9(10-6-11(16)8-12(17)7-10)21-14-5-3-2-4-13(14)15(18,19)20/h2-9,21H,1H3. The lowest BCUT2D eigenvalue weighted by Gasteiger charge is -2.19. The molecule has 112 valence electrons. The van der Waals surface area contributed by atoms with Crippen LogP contribution in [0, 0.1) is 11.6 Å². The monoisotopic (exact) mass is 301 g/mol. The van der Waals surface area contributed by atoms with Crippen LogP contribution in [-0.2, 0) is 6.18 Å². The first kappa shape index (κ1) is 15.3. The molecule has 2 aromatic rings. The van der Waals surface area contributed by atoms with E-state index in [1.165, 1.54) is 25.1 Å². The van der Waals surface area contributed by atoms with Gasteiger partial charge in [-0.25, -0.2) is 8.78 Å². The van der Waals surface area contributed by atoms with Gasteiger partial charge >= 0.3 is 6.18 Å². The SMILES string of the molecule is CC(Nc1ccccc1C(F)(F)F)c1cc(F)cc(F)c1. The molecular formula is C15H12F5N. The van der Waals surface area contributed by atoms with Gasteiger partial charge < -0.3 is 5.32 Å². The van der Waals surface area contributed by atoms with Crippen molar-refractivity contribution in [2.24, 2.45) is 0 Å². The summed E-state index contributed by atoms with van der Waals surface area (Å²) in [5, 5.41) is 2.63. The Labute approximate surface area is 118 Å². The largest absolute Gasteiger partial charge is 0.418 e. The molecular weight excluding hydrogens is 289 g/mol. The number of rotatable bonds is 3. The van der Waals surface area contributed by atoms with Gasteiger partial charge in [0.15, 0.2) is 0 Å². The van der Waals surface area contributed by atoms with E-state index in [2.05, 4.69) is 5.32 Å². The fraction of sp³-hybridized carbons (Fsp3) is 0.200. The predicted molar refractivity (Wildman–Crippen MR) is 69.8 cm³/mol. The van der Waals surface area contributed by atoms with Crippen LogP contribution < -0.4 is 5.32 Å². The molecule has 2 rings (SSSR count). The summed E-state index contributed by atoms with van der Waals surface area (Å²) < 4.78 is 64.9. The fourth-order valence-electron chi connectivity index (χ4n) is 2.00. The van der Waals surface area contributed by atoms with E-state index in [4.69, 9.17) is 0 Å². The Balaban J connectivity index is 2.30. The molecule has 1 atom stereocenters. The van der Waals surface area contributed by atoms with Crippen LogP contribution in [0.15, 0.2) is 42.5 Å². The second-order valence-corrected chi connectivity index (χ2v) is 4.61. The molecule has 6 heteroatoms. The van der Waals surface area contributed by atoms with E-state index in [9.17, 15) is 22.0 Å². The molecule has 0 saturated carbocycles. The van der Waals surface area contributed by atoms with Gasteiger partial charge in [-0.05, 0) is 36.8 Å². The normalized spacial score (nSPS) is 13.0. The van der Waals surface area contributed by atoms with Crippen molar-refractivity contribution >= 4 is 5.69 Å². The van der Waals surface area contributed by atoms with E-state index in [0.29, 0.717) is 6.07 Å². The molecule has 0 aromatic heterocycles. The van der Waals surface area contributed by atoms with E-state index in [1.807, 2.05) is 0 Å². The molecule has 1 unspecified atom stereocenters. The topological polar surface area (TPSA) is 12.0 Å². The lowest BCUT2D eigenvalue weighted by atomic mass is 10.1. The first-order valence-corrected chi connectivity index (χ1v) is 6.16. The number of hydrogen-bond acceptors (Lipinski definition) is 1. The zero-order valence-corrected chi connectivity index (χ0v) is 11.0. The lowest BCUT2D eigenvalue weighted by Crippen LogP contribution is -2.13. The number of benzene rings is 2. The summed E-state index contributed by atoms with van der Waals surface area (Å²) in [4.78, 5) is 0. The van der Waals surface area contributed by atoms with E-state index >= 15 is 0 Å². The molecule has 0 amide bonds. The molecule has 2 aromatic carbocycles. The van der Waals surface area contributed by atoms with Crippen molar-refractivity contribution in [2.75, 3.05) is 5.32 Å². The molecule has 0 heterocycles. The molecule has 1 N–H and O–H groups in total. The highest BCUT2D eigenvalue weighted by atomic mass is 19.4. The molecule has 0 saturated heterocycles. The lowest BCUT2D eigenvalue weighted by molar-refractivity contribution is -0.137. The zero-order chi connectivity index (χ0) is 15.6. The number of para-hydroxylation sites is 1. The summed E-state index contributed by atoms with van der Waals surface area (Å²) in [5.74, 6) is -1.55. The van der Waals surface area contributed by atoms with Crippen LogP contribution in [0.2, 0.25) is 0 Å². The third kappa shape index (κ3) is 3.71. The highest BCUT2D eigenvalue weighted by molar-refractivity contribution is 5.54. The second-order valence-electron chi connectivity index (χ2n) is 4.61. The van der Waals surface area contributed by atoms with Crippen molar-refractivity contribution in [1.29, 1.82) is 0 Å². The fourth-order valence-corrected chi connectivity index (χ4v) is 2.00. The van der Waals surface area contributed by atoms with Gasteiger partial charge in [-0.3, -0.25) is 0 Å². The minimum absolute atomic E-state index is 0.137. The Bertz CT molecular complexity index is 616. The first-order chi connectivity index (χ1) is 9.77. The van der Waals surface area contributed by atoms with Crippen molar-refractivity contribution in [1.82, 2.24) is 0 Å². The highest BCUT2D eigenvalue weighted by Crippen LogP contribution is 2.36. The van der Waals surface area contributed by atoms with Gasteiger partial charge in [0, 0.05) is 17.8 Å². The Morgan fingerprint density at radius 3 is 2.10 bits per heavy atom. The minimum Gasteiger partial charge on any atom is -0.378 e. The maximum Gasteiger partial charge on any atom is 0.418 e. The van der Waals surface area contributed by atoms with Crippen molar-refractivity contribution in [3.63, 3.8) is 0 Å². The molecule has 0 bridgehead atoms. The van der Waals surface area contributed by atoms with Crippen molar-refractivity contribution in [2.45, 2.75) is 19.1 Å². The van der Waals surface area contributed by atoms with Gasteiger partial charge in [0.05, 0.1) is 5.56 Å². The van der Waals surface area contributed by atoms with Crippen molar-refractivity contribution in [3.05, 3.63) is 65.2 Å². The van der Waals surface area contributed by atoms with Gasteiger partial charge in [0.1, 0.15) is 11.6 Å². The summed E-state index contributed by atoms with van der Waals surface area (Å²) in [6.07, 6.45) is -4.50. The van der Waals surface area contributed by atoms with Gasteiger partial charge in [-0.1, -0.05) is 12.1 Å². The van der Waals surface area contributed by atoms with Gasteiger partial charge in [-0.2, -0.15) is 13.2 Å². The molecule has 0 fully saturated rings. The summed E-state index contributed by atoms with van der Waals surface area (Å²) in [7, 11) is 0. The van der Waals surface area contributed by atoms with Crippen LogP contribution in [-0.4, -0.2) is 0 Å². The predicted octanol–water partition coefficient (Wildman–Crippen LogP) is 5.16. The summed E-state index contributed by atoms with van der Waals surface area (Å²) in [5.41, 5.74) is -0.736. The summed E-state index contributed by atoms with van der Waals surface area (Å²) in [6.45, 7) is 1.53. The van der Waals surface area contributed by atoms with Crippen molar-refractivity contribution < 1.29 is 22.0 Å². The van der Waals surface area contributed by atoms with Crippen LogP contribution in [0.1, 0.15) is 24.1 Å². The van der Waals surface area contributed by atoms with Gasteiger partial charge in [0.2, 0.25) is 0 Å². The summed E-state index contributed by atoms with van der Waals surface area (Å²) in [6, 6.07) is 7.14. The van der Waals surface area contributed by atoms with E-state index < -0.39 is 29.4 Å². The van der Waals surface area contributed by atoms with E-state index in [-0.39, 0.29) is 11.3 Å². The number of alkyl halides is 3. The summed E-state index contributed by atoms with van der Waals surface area (Å²) >= 11 is 0. The molecule has 21 heavy (non-hydrogen) atoms. The smallest absolute Gasteiger partial charge is 0.378 e. The third-order valence-corrected chi connectivity index (χ3v) is 2.99. The second kappa shape index (κ2) is 5.71. The number of hydrogen-bond donors (Lipinski definition) is 1. The van der Waals surface area contributed by atoms with Crippen LogP contribution in [0.25, 0.3) is 0 Å². The Hall–Kier alpha value is -2.11. The van der Waals surface area contributed by atoms with Crippen LogP contribution >= 0.6 is 0 Å². The quantitative estimate of drug-likeness (QED) is 0.772. The van der Waals surface area contributed by atoms with Crippen LogP contribution in [0.4, 0.5) is 27.6 Å². The molecule has 0 aliphatic rings.